The van der Waals surface area contributed by atoms with Crippen LogP contribution in [0.25, 0.3) is 0 Å². The zero-order valence-electron chi connectivity index (χ0n) is 12.1. The molecule has 1 saturated carbocycles. The lowest BCUT2D eigenvalue weighted by Crippen LogP contribution is -2.32. The Kier molecular flexibility index (Phi) is 3.51. The Morgan fingerprint density at radius 3 is 2.40 bits per heavy atom. The van der Waals surface area contributed by atoms with E-state index in [0.717, 1.165) is 32.2 Å². The molecule has 20 heavy (non-hydrogen) atoms. The molecule has 1 aromatic rings. The highest BCUT2D eigenvalue weighted by Crippen LogP contribution is 2.27. The van der Waals surface area contributed by atoms with Crippen molar-refractivity contribution in [2.24, 2.45) is 0 Å². The maximum atomic E-state index is 6.20. The van der Waals surface area contributed by atoms with Gasteiger partial charge in [-0.2, -0.15) is 0 Å². The fourth-order valence-electron chi connectivity index (χ4n) is 3.47. The second-order valence-electron chi connectivity index (χ2n) is 6.58. The van der Waals surface area contributed by atoms with Crippen molar-refractivity contribution in [3.05, 3.63) is 35.4 Å². The van der Waals surface area contributed by atoms with E-state index in [0.29, 0.717) is 12.2 Å². The van der Waals surface area contributed by atoms with Crippen LogP contribution in [0.4, 0.5) is 0 Å². The summed E-state index contributed by atoms with van der Waals surface area (Å²) < 4.78 is 6.20. The van der Waals surface area contributed by atoms with Gasteiger partial charge < -0.3 is 10.1 Å². The molecule has 0 aromatic heterocycles. The lowest BCUT2D eigenvalue weighted by Gasteiger charge is -2.20. The summed E-state index contributed by atoms with van der Waals surface area (Å²) in [5.74, 6) is 0. The molecule has 0 bridgehead atoms. The average Bonchev–Trinajstić information content (AvgIpc) is 3.04. The fourth-order valence-corrected chi connectivity index (χ4v) is 3.47. The van der Waals surface area contributed by atoms with E-state index in [-0.39, 0.29) is 0 Å². The van der Waals surface area contributed by atoms with Gasteiger partial charge >= 0.3 is 0 Å². The minimum Gasteiger partial charge on any atom is -0.372 e. The minimum absolute atomic E-state index is 0.440. The zero-order chi connectivity index (χ0) is 13.4. The smallest absolute Gasteiger partial charge is 0.0707 e. The largest absolute Gasteiger partial charge is 0.372 e. The highest BCUT2D eigenvalue weighted by atomic mass is 16.5. The average molecular weight is 272 g/mol. The Morgan fingerprint density at radius 1 is 1.00 bits per heavy atom. The quantitative estimate of drug-likeness (QED) is 0.890. The number of benzene rings is 1. The van der Waals surface area contributed by atoms with Gasteiger partial charge in [-0.25, -0.2) is 0 Å². The molecule has 2 unspecified atom stereocenters. The molecular formula is C17H24N2O. The Morgan fingerprint density at radius 2 is 1.70 bits per heavy atom. The van der Waals surface area contributed by atoms with Gasteiger partial charge in [0.05, 0.1) is 12.2 Å². The SMILES string of the molecule is c1ccc2c(c1)CN(CC1CCC(CNC3CC3)O1)C2. The summed E-state index contributed by atoms with van der Waals surface area (Å²) in [6.45, 7) is 4.35. The van der Waals surface area contributed by atoms with E-state index < -0.39 is 0 Å². The van der Waals surface area contributed by atoms with E-state index >= 15 is 0 Å². The second-order valence-corrected chi connectivity index (χ2v) is 6.58. The fraction of sp³-hybridized carbons (Fsp3) is 0.647. The Labute approximate surface area is 121 Å². The first kappa shape index (κ1) is 12.8. The van der Waals surface area contributed by atoms with Crippen molar-refractivity contribution in [2.75, 3.05) is 13.1 Å². The minimum atomic E-state index is 0.440. The van der Waals surface area contributed by atoms with Gasteiger partial charge in [0.15, 0.2) is 0 Å². The highest BCUT2D eigenvalue weighted by Gasteiger charge is 2.30. The summed E-state index contributed by atoms with van der Waals surface area (Å²) >= 11 is 0. The van der Waals surface area contributed by atoms with Crippen LogP contribution in [0.15, 0.2) is 24.3 Å². The lowest BCUT2D eigenvalue weighted by molar-refractivity contribution is 0.0224. The summed E-state index contributed by atoms with van der Waals surface area (Å²) in [6, 6.07) is 9.60. The topological polar surface area (TPSA) is 24.5 Å². The standard InChI is InChI=1S/C17H24N2O/c1-2-4-14-11-19(10-13(14)3-1)12-17-8-7-16(20-17)9-18-15-5-6-15/h1-4,15-18H,5-12H2. The third kappa shape index (κ3) is 2.90. The summed E-state index contributed by atoms with van der Waals surface area (Å²) in [6.07, 6.45) is 6.07. The normalized spacial score (nSPS) is 29.8. The molecule has 3 heteroatoms. The van der Waals surface area contributed by atoms with Gasteiger partial charge in [0.2, 0.25) is 0 Å². The monoisotopic (exact) mass is 272 g/mol. The van der Waals surface area contributed by atoms with Crippen molar-refractivity contribution in [3.8, 4) is 0 Å². The zero-order valence-corrected chi connectivity index (χ0v) is 12.1. The number of hydrogen-bond donors (Lipinski definition) is 1. The first-order chi connectivity index (χ1) is 9.87. The Bertz CT molecular complexity index is 447. The van der Waals surface area contributed by atoms with E-state index in [1.165, 1.54) is 36.8 Å². The lowest BCUT2D eigenvalue weighted by atomic mass is 10.1. The summed E-state index contributed by atoms with van der Waals surface area (Å²) in [4.78, 5) is 2.53. The molecule has 0 spiro atoms. The van der Waals surface area contributed by atoms with Gasteiger partial charge in [-0.3, -0.25) is 4.90 Å². The van der Waals surface area contributed by atoms with Crippen LogP contribution in [0.5, 0.6) is 0 Å². The molecule has 2 fully saturated rings. The van der Waals surface area contributed by atoms with E-state index in [9.17, 15) is 0 Å². The Hall–Kier alpha value is -0.900. The first-order valence-corrected chi connectivity index (χ1v) is 8.05. The molecule has 2 atom stereocenters. The van der Waals surface area contributed by atoms with E-state index in [1.807, 2.05) is 0 Å². The maximum Gasteiger partial charge on any atom is 0.0707 e. The van der Waals surface area contributed by atoms with Crippen molar-refractivity contribution in [3.63, 3.8) is 0 Å². The number of hydrogen-bond acceptors (Lipinski definition) is 3. The number of fused-ring (bicyclic) bond motifs is 1. The third-order valence-corrected chi connectivity index (χ3v) is 4.78. The van der Waals surface area contributed by atoms with Crippen LogP contribution in [-0.4, -0.2) is 36.2 Å². The molecule has 1 aliphatic carbocycles. The van der Waals surface area contributed by atoms with Crippen molar-refractivity contribution in [1.82, 2.24) is 10.2 Å². The molecule has 1 N–H and O–H groups in total. The van der Waals surface area contributed by atoms with Gasteiger partial charge in [0, 0.05) is 32.2 Å². The molecule has 1 saturated heterocycles. The highest BCUT2D eigenvalue weighted by molar-refractivity contribution is 5.30. The van der Waals surface area contributed by atoms with E-state index in [2.05, 4.69) is 34.5 Å². The molecule has 108 valence electrons. The number of nitrogens with one attached hydrogen (secondary N) is 1. The molecule has 0 amide bonds. The molecule has 3 nitrogen and oxygen atoms in total. The number of ether oxygens (including phenoxy) is 1. The van der Waals surface area contributed by atoms with Crippen LogP contribution in [-0.2, 0) is 17.8 Å². The molecule has 1 aromatic carbocycles. The van der Waals surface area contributed by atoms with Crippen LogP contribution in [0.3, 0.4) is 0 Å². The first-order valence-electron chi connectivity index (χ1n) is 8.05. The van der Waals surface area contributed by atoms with Crippen molar-refractivity contribution >= 4 is 0 Å². The maximum absolute atomic E-state index is 6.20. The molecule has 2 aliphatic heterocycles. The van der Waals surface area contributed by atoms with Gasteiger partial charge in [-0.15, -0.1) is 0 Å². The second kappa shape index (κ2) is 5.47. The van der Waals surface area contributed by atoms with Crippen molar-refractivity contribution in [2.45, 2.75) is 57.0 Å². The van der Waals surface area contributed by atoms with Gasteiger partial charge in [0.25, 0.3) is 0 Å². The molecule has 3 aliphatic rings. The van der Waals surface area contributed by atoms with Gasteiger partial charge in [0.1, 0.15) is 0 Å². The van der Waals surface area contributed by atoms with Crippen LogP contribution in [0, 0.1) is 0 Å². The van der Waals surface area contributed by atoms with Crippen molar-refractivity contribution in [1.29, 1.82) is 0 Å². The predicted octanol–water partition coefficient (Wildman–Crippen LogP) is 2.30. The molecule has 0 radical (unpaired) electrons. The molecule has 4 rings (SSSR count). The third-order valence-electron chi connectivity index (χ3n) is 4.78. The number of rotatable bonds is 5. The van der Waals surface area contributed by atoms with Gasteiger partial charge in [-0.05, 0) is 36.8 Å². The van der Waals surface area contributed by atoms with Crippen LogP contribution in [0.1, 0.15) is 36.8 Å². The van der Waals surface area contributed by atoms with Crippen LogP contribution in [0.2, 0.25) is 0 Å². The number of nitrogens with zero attached hydrogens (tertiary/aromatic N) is 1. The summed E-state index contributed by atoms with van der Waals surface area (Å²) in [5, 5.41) is 3.59. The summed E-state index contributed by atoms with van der Waals surface area (Å²) in [7, 11) is 0. The summed E-state index contributed by atoms with van der Waals surface area (Å²) in [5.41, 5.74) is 3.00. The van der Waals surface area contributed by atoms with E-state index in [1.54, 1.807) is 0 Å². The van der Waals surface area contributed by atoms with Crippen molar-refractivity contribution < 1.29 is 4.74 Å². The molecular weight excluding hydrogens is 248 g/mol. The Balaban J connectivity index is 1.24. The molecule has 2 heterocycles. The van der Waals surface area contributed by atoms with Crippen LogP contribution < -0.4 is 5.32 Å². The van der Waals surface area contributed by atoms with Gasteiger partial charge in [-0.1, -0.05) is 24.3 Å². The predicted molar refractivity (Wildman–Crippen MR) is 79.5 cm³/mol. The van der Waals surface area contributed by atoms with E-state index in [4.69, 9.17) is 4.74 Å². The van der Waals surface area contributed by atoms with Crippen LogP contribution >= 0.6 is 0 Å².